The molecule has 0 aliphatic carbocycles. The summed E-state index contributed by atoms with van der Waals surface area (Å²) in [4.78, 5) is 24.4. The smallest absolute Gasteiger partial charge is 0.323 e. The normalized spacial score (nSPS) is 15.4. The second-order valence-electron chi connectivity index (χ2n) is 4.97. The minimum Gasteiger partial charge on any atom is -0.508 e. The Morgan fingerprint density at radius 3 is 2.43 bits per heavy atom. The van der Waals surface area contributed by atoms with Gasteiger partial charge in [0, 0.05) is 11.7 Å². The molecule has 0 spiro atoms. The molecule has 1 heterocycles. The van der Waals surface area contributed by atoms with E-state index in [4.69, 9.17) is 5.11 Å². The number of hydrogen-bond acceptors (Lipinski definition) is 4. The summed E-state index contributed by atoms with van der Waals surface area (Å²) in [5, 5.41) is 24.3. The van der Waals surface area contributed by atoms with E-state index in [1.807, 2.05) is 0 Å². The number of rotatable bonds is 4. The topological polar surface area (TPSA) is 102 Å². The molecule has 0 atom stereocenters. The molecular weight excluding hydrogens is 274 g/mol. The number of urea groups is 1. The molecule has 0 saturated carbocycles. The summed E-state index contributed by atoms with van der Waals surface area (Å²) in [6, 6.07) is 5.48. The van der Waals surface area contributed by atoms with Gasteiger partial charge in [-0.25, -0.2) is 4.79 Å². The van der Waals surface area contributed by atoms with Crippen molar-refractivity contribution in [3.05, 3.63) is 24.3 Å². The van der Waals surface area contributed by atoms with Crippen LogP contribution in [0.2, 0.25) is 0 Å². The summed E-state index contributed by atoms with van der Waals surface area (Å²) >= 11 is 0. The monoisotopic (exact) mass is 293 g/mol. The van der Waals surface area contributed by atoms with E-state index < -0.39 is 18.5 Å². The van der Waals surface area contributed by atoms with Crippen molar-refractivity contribution in [1.29, 1.82) is 0 Å². The first-order valence-corrected chi connectivity index (χ1v) is 6.86. The molecule has 7 heteroatoms. The van der Waals surface area contributed by atoms with Crippen molar-refractivity contribution in [1.82, 2.24) is 10.6 Å². The molecule has 1 aromatic carbocycles. The van der Waals surface area contributed by atoms with Crippen LogP contribution in [0.15, 0.2) is 24.3 Å². The number of aliphatic carboxylic acids is 1. The number of carboxylic acids is 1. The average molecular weight is 293 g/mol. The summed E-state index contributed by atoms with van der Waals surface area (Å²) in [6.45, 7) is 1.24. The maximum Gasteiger partial charge on any atom is 0.323 e. The molecule has 0 radical (unpaired) electrons. The van der Waals surface area contributed by atoms with Crippen LogP contribution in [0.4, 0.5) is 10.5 Å². The number of anilines is 1. The number of amides is 2. The van der Waals surface area contributed by atoms with Gasteiger partial charge in [-0.1, -0.05) is 0 Å². The van der Waals surface area contributed by atoms with E-state index in [0.717, 1.165) is 30.8 Å². The van der Waals surface area contributed by atoms with Crippen molar-refractivity contribution in [3.63, 3.8) is 0 Å². The highest BCUT2D eigenvalue weighted by molar-refractivity contribution is 5.96. The Bertz CT molecular complexity index is 497. The predicted octanol–water partition coefficient (Wildman–Crippen LogP) is 0.745. The van der Waals surface area contributed by atoms with Crippen LogP contribution in [0.3, 0.4) is 0 Å². The first kappa shape index (κ1) is 15.1. The summed E-state index contributed by atoms with van der Waals surface area (Å²) in [5.74, 6) is -1.03. The van der Waals surface area contributed by atoms with Crippen molar-refractivity contribution in [2.45, 2.75) is 18.9 Å². The summed E-state index contributed by atoms with van der Waals surface area (Å²) < 4.78 is 0. The van der Waals surface area contributed by atoms with Crippen molar-refractivity contribution in [2.75, 3.05) is 24.5 Å². The molecular formula is C14H19N3O4. The highest BCUT2D eigenvalue weighted by Gasteiger charge is 2.22. The zero-order valence-corrected chi connectivity index (χ0v) is 11.6. The maximum atomic E-state index is 12.3. The first-order chi connectivity index (χ1) is 10.1. The zero-order valence-electron chi connectivity index (χ0n) is 11.6. The number of piperidine rings is 1. The number of carboxylic acid groups (broad SMARTS) is 1. The Morgan fingerprint density at radius 2 is 1.86 bits per heavy atom. The van der Waals surface area contributed by atoms with Crippen LogP contribution in [0.1, 0.15) is 12.8 Å². The Labute approximate surface area is 122 Å². The highest BCUT2D eigenvalue weighted by Crippen LogP contribution is 2.19. The number of hydrogen-bond donors (Lipinski definition) is 4. The van der Waals surface area contributed by atoms with Crippen molar-refractivity contribution < 1.29 is 19.8 Å². The fourth-order valence-electron chi connectivity index (χ4n) is 2.27. The number of nitrogens with one attached hydrogen (secondary N) is 2. The summed E-state index contributed by atoms with van der Waals surface area (Å²) in [6.07, 6.45) is 1.64. The predicted molar refractivity (Wildman–Crippen MR) is 77.5 cm³/mol. The number of phenols is 1. The molecule has 0 bridgehead atoms. The van der Waals surface area contributed by atoms with E-state index in [2.05, 4.69) is 10.6 Å². The van der Waals surface area contributed by atoms with Crippen LogP contribution in [-0.2, 0) is 4.79 Å². The van der Waals surface area contributed by atoms with Gasteiger partial charge in [0.25, 0.3) is 0 Å². The molecule has 2 rings (SSSR count). The van der Waals surface area contributed by atoms with E-state index in [0.29, 0.717) is 5.69 Å². The second-order valence-corrected chi connectivity index (χ2v) is 4.97. The lowest BCUT2D eigenvalue weighted by Crippen LogP contribution is -2.49. The summed E-state index contributed by atoms with van der Waals surface area (Å²) in [7, 11) is 0. The van der Waals surface area contributed by atoms with Crippen molar-refractivity contribution in [3.8, 4) is 5.75 Å². The second kappa shape index (κ2) is 6.94. The number of carbonyl (C=O) groups excluding carboxylic acids is 1. The van der Waals surface area contributed by atoms with Crippen LogP contribution in [0.5, 0.6) is 5.75 Å². The fraction of sp³-hybridized carbons (Fsp3) is 0.429. The number of aromatic hydroxyl groups is 1. The Balaban J connectivity index is 2.08. The molecule has 1 aliphatic heterocycles. The van der Waals surface area contributed by atoms with Crippen LogP contribution >= 0.6 is 0 Å². The zero-order chi connectivity index (χ0) is 15.2. The van der Waals surface area contributed by atoms with Crippen molar-refractivity contribution in [2.24, 2.45) is 0 Å². The van der Waals surface area contributed by atoms with Gasteiger partial charge >= 0.3 is 12.0 Å². The number of carbonyl (C=O) groups is 2. The van der Waals surface area contributed by atoms with Crippen molar-refractivity contribution >= 4 is 17.7 Å². The van der Waals surface area contributed by atoms with Gasteiger partial charge in [0.1, 0.15) is 12.3 Å². The minimum absolute atomic E-state index is 0.0483. The lowest BCUT2D eigenvalue weighted by molar-refractivity contribution is -0.135. The Hall–Kier alpha value is -2.28. The quantitative estimate of drug-likeness (QED) is 0.656. The number of phenolic OH excluding ortho intramolecular Hbond substituents is 1. The van der Waals surface area contributed by atoms with Gasteiger partial charge in [-0.3, -0.25) is 9.69 Å². The number of benzene rings is 1. The third kappa shape index (κ3) is 4.35. The fourth-order valence-corrected chi connectivity index (χ4v) is 2.27. The number of nitrogens with zero attached hydrogens (tertiary/aromatic N) is 1. The highest BCUT2D eigenvalue weighted by atomic mass is 16.4. The third-order valence-corrected chi connectivity index (χ3v) is 3.37. The van der Waals surface area contributed by atoms with Gasteiger partial charge in [-0.15, -0.1) is 0 Å². The van der Waals surface area contributed by atoms with E-state index >= 15 is 0 Å². The van der Waals surface area contributed by atoms with Crippen LogP contribution in [-0.4, -0.2) is 47.9 Å². The van der Waals surface area contributed by atoms with Crippen LogP contribution < -0.4 is 15.5 Å². The first-order valence-electron chi connectivity index (χ1n) is 6.86. The standard InChI is InChI=1S/C14H19N3O4/c18-12-3-1-11(2-4-12)17(9-13(19)20)14(21)16-10-5-7-15-8-6-10/h1-4,10,15,18H,5-9H2,(H,16,21)(H,19,20). The third-order valence-electron chi connectivity index (χ3n) is 3.37. The molecule has 21 heavy (non-hydrogen) atoms. The molecule has 1 saturated heterocycles. The molecule has 1 fully saturated rings. The molecule has 7 nitrogen and oxygen atoms in total. The molecule has 0 unspecified atom stereocenters. The van der Waals surface area contributed by atoms with E-state index in [9.17, 15) is 14.7 Å². The minimum atomic E-state index is -1.09. The van der Waals surface area contributed by atoms with Crippen LogP contribution in [0.25, 0.3) is 0 Å². The molecule has 4 N–H and O–H groups in total. The molecule has 2 amide bonds. The van der Waals surface area contributed by atoms with Gasteiger partial charge in [0.15, 0.2) is 0 Å². The average Bonchev–Trinajstić information content (AvgIpc) is 2.46. The van der Waals surface area contributed by atoms with E-state index in [-0.39, 0.29) is 11.8 Å². The van der Waals surface area contributed by atoms with E-state index in [1.54, 1.807) is 0 Å². The van der Waals surface area contributed by atoms with E-state index in [1.165, 1.54) is 24.3 Å². The molecule has 1 aromatic rings. The molecule has 1 aliphatic rings. The van der Waals surface area contributed by atoms with Gasteiger partial charge in [0.05, 0.1) is 0 Å². The lowest BCUT2D eigenvalue weighted by Gasteiger charge is -2.28. The largest absolute Gasteiger partial charge is 0.508 e. The maximum absolute atomic E-state index is 12.3. The van der Waals surface area contributed by atoms with Gasteiger partial charge in [-0.2, -0.15) is 0 Å². The summed E-state index contributed by atoms with van der Waals surface area (Å²) in [5.41, 5.74) is 0.432. The van der Waals surface area contributed by atoms with Gasteiger partial charge in [-0.05, 0) is 50.2 Å². The van der Waals surface area contributed by atoms with Crippen LogP contribution in [0, 0.1) is 0 Å². The Morgan fingerprint density at radius 1 is 1.24 bits per heavy atom. The SMILES string of the molecule is O=C(O)CN(C(=O)NC1CCNCC1)c1ccc(O)cc1. The molecule has 114 valence electrons. The molecule has 0 aromatic heterocycles. The van der Waals surface area contributed by atoms with Gasteiger partial charge in [0.2, 0.25) is 0 Å². The van der Waals surface area contributed by atoms with Gasteiger partial charge < -0.3 is 20.8 Å². The lowest BCUT2D eigenvalue weighted by atomic mass is 10.1. The Kier molecular flexibility index (Phi) is 4.99.